The van der Waals surface area contributed by atoms with Gasteiger partial charge in [0.2, 0.25) is 0 Å². The zero-order chi connectivity index (χ0) is 50.7. The molecule has 4 aliphatic carbocycles. The predicted octanol–water partition coefficient (Wildman–Crippen LogP) is 21.5. The average molecular weight is 985 g/mol. The summed E-state index contributed by atoms with van der Waals surface area (Å²) in [5, 5.41) is 10.2. The molecule has 14 aromatic rings. The van der Waals surface area contributed by atoms with E-state index in [0.717, 1.165) is 45.3 Å². The molecule has 0 unspecified atom stereocenters. The number of anilines is 6. The summed E-state index contributed by atoms with van der Waals surface area (Å²) >= 11 is 0. The number of nitrogens with zero attached hydrogens (tertiary/aromatic N) is 2. The highest BCUT2D eigenvalue weighted by molar-refractivity contribution is 6.24. The summed E-state index contributed by atoms with van der Waals surface area (Å²) in [4.78, 5) is 5.02. The molecule has 0 fully saturated rings. The monoisotopic (exact) mass is 984 g/mol. The predicted molar refractivity (Wildman–Crippen MR) is 329 cm³/mol. The molecule has 2 nitrogen and oxygen atoms in total. The van der Waals surface area contributed by atoms with Crippen molar-refractivity contribution in [3.8, 4) is 100 Å². The van der Waals surface area contributed by atoms with Gasteiger partial charge in [0.25, 0.3) is 0 Å². The molecular weight excluding hydrogens is 941 g/mol. The van der Waals surface area contributed by atoms with Gasteiger partial charge in [-0.1, -0.05) is 218 Å². The van der Waals surface area contributed by atoms with E-state index in [4.69, 9.17) is 0 Å². The summed E-state index contributed by atoms with van der Waals surface area (Å²) in [5.74, 6) is 0. The zero-order valence-corrected chi connectivity index (χ0v) is 42.3. The fourth-order valence-electron chi connectivity index (χ4n) is 14.4. The van der Waals surface area contributed by atoms with E-state index in [1.807, 2.05) is 0 Å². The minimum absolute atomic E-state index is 1.11. The maximum Gasteiger partial charge on any atom is 0.0540 e. The molecule has 0 saturated carbocycles. The van der Waals surface area contributed by atoms with Crippen molar-refractivity contribution in [2.45, 2.75) is 0 Å². The molecule has 0 radical (unpaired) electrons. The summed E-state index contributed by atoms with van der Waals surface area (Å²) in [5.41, 5.74) is 30.0. The number of fused-ring (bicyclic) bond motifs is 12. The van der Waals surface area contributed by atoms with Crippen LogP contribution in [0.2, 0.25) is 0 Å². The minimum Gasteiger partial charge on any atom is -0.309 e. The molecule has 2 heteroatoms. The van der Waals surface area contributed by atoms with Crippen LogP contribution < -0.4 is 9.80 Å². The minimum atomic E-state index is 1.11. The van der Waals surface area contributed by atoms with Crippen LogP contribution in [0.5, 0.6) is 0 Å². The van der Waals surface area contributed by atoms with E-state index in [1.165, 1.54) is 132 Å². The van der Waals surface area contributed by atoms with Gasteiger partial charge in [0.15, 0.2) is 0 Å². The first kappa shape index (κ1) is 42.0. The van der Waals surface area contributed by atoms with Gasteiger partial charge in [-0.25, -0.2) is 0 Å². The Balaban J connectivity index is 0.785. The van der Waals surface area contributed by atoms with Crippen LogP contribution in [-0.2, 0) is 0 Å². The third-order valence-corrected chi connectivity index (χ3v) is 17.6. The van der Waals surface area contributed by atoms with Gasteiger partial charge >= 0.3 is 0 Å². The number of hydrogen-bond acceptors (Lipinski definition) is 2. The molecule has 18 rings (SSSR count). The summed E-state index contributed by atoms with van der Waals surface area (Å²) in [6.07, 6.45) is 0. The van der Waals surface area contributed by atoms with Crippen molar-refractivity contribution < 1.29 is 0 Å². The summed E-state index contributed by atoms with van der Waals surface area (Å²) in [6.45, 7) is 0. The molecule has 358 valence electrons. The fraction of sp³-hybridized carbons (Fsp3) is 0. The first-order chi connectivity index (χ1) is 38.7. The number of rotatable bonds is 7. The second-order valence-electron chi connectivity index (χ2n) is 21.4. The largest absolute Gasteiger partial charge is 0.309 e. The molecule has 14 aromatic carbocycles. The fourth-order valence-corrected chi connectivity index (χ4v) is 14.4. The lowest BCUT2D eigenvalue weighted by molar-refractivity contribution is 1.31. The van der Waals surface area contributed by atoms with Gasteiger partial charge in [-0.15, -0.1) is 0 Å². The van der Waals surface area contributed by atoms with Crippen LogP contribution in [0, 0.1) is 0 Å². The second-order valence-corrected chi connectivity index (χ2v) is 21.4. The molecule has 0 aliphatic heterocycles. The van der Waals surface area contributed by atoms with Crippen LogP contribution in [0.25, 0.3) is 143 Å². The third-order valence-electron chi connectivity index (χ3n) is 17.6. The van der Waals surface area contributed by atoms with Crippen LogP contribution in [0.1, 0.15) is 0 Å². The Labute approximate surface area is 451 Å². The van der Waals surface area contributed by atoms with E-state index in [-0.39, 0.29) is 0 Å². The first-order valence-electron chi connectivity index (χ1n) is 27.2. The number of hydrogen-bond donors (Lipinski definition) is 0. The Morgan fingerprint density at radius 3 is 0.590 bits per heavy atom. The van der Waals surface area contributed by atoms with Gasteiger partial charge in [0.05, 0.1) is 22.7 Å². The van der Waals surface area contributed by atoms with Crippen LogP contribution >= 0.6 is 0 Å². The van der Waals surface area contributed by atoms with Crippen LogP contribution in [-0.4, -0.2) is 0 Å². The maximum absolute atomic E-state index is 2.51. The molecule has 0 amide bonds. The van der Waals surface area contributed by atoms with Gasteiger partial charge in [-0.2, -0.15) is 0 Å². The summed E-state index contributed by atoms with van der Waals surface area (Å²) in [6, 6.07) is 100. The van der Waals surface area contributed by atoms with E-state index >= 15 is 0 Å². The van der Waals surface area contributed by atoms with Gasteiger partial charge in [0, 0.05) is 32.9 Å². The molecule has 0 atom stereocenters. The molecule has 0 spiro atoms. The van der Waals surface area contributed by atoms with E-state index in [2.05, 4.69) is 277 Å². The van der Waals surface area contributed by atoms with Crippen LogP contribution in [0.15, 0.2) is 267 Å². The van der Waals surface area contributed by atoms with Crippen molar-refractivity contribution in [2.75, 3.05) is 9.80 Å². The summed E-state index contributed by atoms with van der Waals surface area (Å²) in [7, 11) is 0. The molecule has 0 bridgehead atoms. The standard InChI is InChI=1S/C76H44N2/c1-5-17-53-49(13-1)57-21-9-25-65-69(41-37-61(53)73(57)65)77(70-42-38-62-54-18-6-2-14-50(54)58-22-10-26-66(70)74(58)62)47-33-29-45(30-34-47)46-31-35-48(36-32-46)78(71-43-39-63-55-19-7-3-15-51(55)59-23-11-27-67(71)75(59)63)72-44-40-64-56-20-8-4-16-52(56)60-24-12-28-68(72)76(60)64/h1-44H. The van der Waals surface area contributed by atoms with Crippen molar-refractivity contribution in [3.05, 3.63) is 267 Å². The van der Waals surface area contributed by atoms with E-state index in [9.17, 15) is 0 Å². The molecule has 0 N–H and O–H groups in total. The van der Waals surface area contributed by atoms with Gasteiger partial charge in [0.1, 0.15) is 0 Å². The van der Waals surface area contributed by atoms with Crippen molar-refractivity contribution >= 4 is 77.2 Å². The topological polar surface area (TPSA) is 6.48 Å². The normalized spacial score (nSPS) is 12.4. The van der Waals surface area contributed by atoms with Gasteiger partial charge in [-0.05, 0) is 170 Å². The SMILES string of the molecule is c1ccc2c(c1)-c1cccc3c(N(c4ccc(-c5ccc(N(c6ccc7c8c(cccc68)-c6ccccc6-7)c6ccc7c8c(cccc68)-c6ccccc6-7)cc5)cc4)c4ccc5c6c(cccc46)-c4ccccc4-5)ccc-2c13. The van der Waals surface area contributed by atoms with E-state index in [0.29, 0.717) is 0 Å². The Kier molecular flexibility index (Phi) is 8.42. The van der Waals surface area contributed by atoms with Crippen LogP contribution in [0.4, 0.5) is 34.1 Å². The molecule has 4 aliphatic rings. The Morgan fingerprint density at radius 2 is 0.359 bits per heavy atom. The van der Waals surface area contributed by atoms with Crippen molar-refractivity contribution in [2.24, 2.45) is 0 Å². The van der Waals surface area contributed by atoms with Crippen molar-refractivity contribution in [1.29, 1.82) is 0 Å². The highest BCUT2D eigenvalue weighted by atomic mass is 15.2. The van der Waals surface area contributed by atoms with E-state index < -0.39 is 0 Å². The lowest BCUT2D eigenvalue weighted by Gasteiger charge is -2.29. The van der Waals surface area contributed by atoms with E-state index in [1.54, 1.807) is 0 Å². The molecular formula is C76H44N2. The maximum atomic E-state index is 2.51. The smallest absolute Gasteiger partial charge is 0.0540 e. The number of benzene rings is 14. The third kappa shape index (κ3) is 5.60. The van der Waals surface area contributed by atoms with Crippen molar-refractivity contribution in [3.63, 3.8) is 0 Å². The Morgan fingerprint density at radius 1 is 0.154 bits per heavy atom. The van der Waals surface area contributed by atoms with Gasteiger partial charge in [-0.3, -0.25) is 0 Å². The average Bonchev–Trinajstić information content (AvgIpc) is 4.35. The molecule has 0 heterocycles. The first-order valence-corrected chi connectivity index (χ1v) is 27.2. The highest BCUT2D eigenvalue weighted by Gasteiger charge is 2.31. The van der Waals surface area contributed by atoms with Crippen molar-refractivity contribution in [1.82, 2.24) is 0 Å². The molecule has 78 heavy (non-hydrogen) atoms. The Bertz CT molecular complexity index is 4260. The van der Waals surface area contributed by atoms with Crippen LogP contribution in [0.3, 0.4) is 0 Å². The molecule has 0 saturated heterocycles. The lowest BCUT2D eigenvalue weighted by atomic mass is 9.97. The second kappa shape index (κ2) is 15.6. The highest BCUT2D eigenvalue weighted by Crippen LogP contribution is 2.57. The quantitative estimate of drug-likeness (QED) is 0.157. The summed E-state index contributed by atoms with van der Waals surface area (Å²) < 4.78 is 0. The Hall–Kier alpha value is -10.3. The molecule has 0 aromatic heterocycles. The van der Waals surface area contributed by atoms with Gasteiger partial charge < -0.3 is 9.80 Å². The zero-order valence-electron chi connectivity index (χ0n) is 42.3. The lowest BCUT2D eigenvalue weighted by Crippen LogP contribution is -2.11.